The minimum atomic E-state index is -1.60. The molecule has 1 aromatic carbocycles. The van der Waals surface area contributed by atoms with E-state index < -0.39 is 46.3 Å². The molecule has 2 aliphatic rings. The molecular formula is C25H27F5O2. The zero-order chi connectivity index (χ0) is 23.6. The Kier molecular flexibility index (Phi) is 7.59. The highest BCUT2D eigenvalue weighted by atomic mass is 19.2. The molecule has 7 heteroatoms. The summed E-state index contributed by atoms with van der Waals surface area (Å²) in [5.74, 6) is -8.31. The van der Waals surface area contributed by atoms with E-state index in [1.807, 2.05) is 6.92 Å². The Balaban J connectivity index is 1.94. The number of rotatable bonds is 6. The number of halogens is 5. The molecule has 1 saturated heterocycles. The van der Waals surface area contributed by atoms with Crippen molar-refractivity contribution >= 4 is 5.83 Å². The van der Waals surface area contributed by atoms with Gasteiger partial charge in [0, 0.05) is 17.9 Å². The van der Waals surface area contributed by atoms with E-state index in [1.54, 1.807) is 6.92 Å². The van der Waals surface area contributed by atoms with Gasteiger partial charge in [0.2, 0.25) is 5.82 Å². The quantitative estimate of drug-likeness (QED) is 0.408. The van der Waals surface area contributed by atoms with Crippen LogP contribution in [0.15, 0.2) is 47.8 Å². The van der Waals surface area contributed by atoms with Crippen LogP contribution in [0.4, 0.5) is 22.0 Å². The Labute approximate surface area is 185 Å². The van der Waals surface area contributed by atoms with Crippen LogP contribution in [0.1, 0.15) is 57.1 Å². The van der Waals surface area contributed by atoms with E-state index in [0.717, 1.165) is 18.9 Å². The molecule has 1 fully saturated rings. The highest BCUT2D eigenvalue weighted by Crippen LogP contribution is 2.42. The zero-order valence-corrected chi connectivity index (χ0v) is 18.3. The number of ether oxygens (including phenoxy) is 2. The third-order valence-electron chi connectivity index (χ3n) is 5.89. The predicted octanol–water partition coefficient (Wildman–Crippen LogP) is 7.81. The molecule has 2 aliphatic heterocycles. The minimum Gasteiger partial charge on any atom is -0.450 e. The topological polar surface area (TPSA) is 18.5 Å². The van der Waals surface area contributed by atoms with Crippen LogP contribution in [-0.4, -0.2) is 12.7 Å². The highest BCUT2D eigenvalue weighted by Gasteiger charge is 2.32. The van der Waals surface area contributed by atoms with Crippen LogP contribution in [0.3, 0.4) is 0 Å². The summed E-state index contributed by atoms with van der Waals surface area (Å²) in [7, 11) is 0. The third kappa shape index (κ3) is 4.68. The lowest BCUT2D eigenvalue weighted by Crippen LogP contribution is -2.26. The molecule has 0 radical (unpaired) electrons. The summed E-state index contributed by atoms with van der Waals surface area (Å²) in [6.07, 6.45) is 2.85. The Hall–Kier alpha value is -2.41. The van der Waals surface area contributed by atoms with Gasteiger partial charge < -0.3 is 9.47 Å². The van der Waals surface area contributed by atoms with Crippen molar-refractivity contribution in [2.75, 3.05) is 6.61 Å². The maximum atomic E-state index is 14.9. The molecule has 1 aromatic rings. The monoisotopic (exact) mass is 454 g/mol. The number of hydrogen-bond donors (Lipinski definition) is 0. The first-order chi connectivity index (χ1) is 15.2. The summed E-state index contributed by atoms with van der Waals surface area (Å²) in [6, 6.07) is 0.987. The smallest absolute Gasteiger partial charge is 0.202 e. The average Bonchev–Trinajstić information content (AvgIpc) is 2.80. The molecule has 0 bridgehead atoms. The van der Waals surface area contributed by atoms with Crippen molar-refractivity contribution in [3.8, 4) is 5.75 Å². The number of allylic oxidation sites excluding steroid dienone is 3. The maximum absolute atomic E-state index is 14.9. The van der Waals surface area contributed by atoms with Gasteiger partial charge >= 0.3 is 0 Å². The fourth-order valence-corrected chi connectivity index (χ4v) is 3.93. The van der Waals surface area contributed by atoms with E-state index in [0.29, 0.717) is 12.8 Å². The molecule has 2 atom stereocenters. The molecule has 2 unspecified atom stereocenters. The van der Waals surface area contributed by atoms with Gasteiger partial charge in [0.15, 0.2) is 29.0 Å². The van der Waals surface area contributed by atoms with Crippen molar-refractivity contribution in [2.45, 2.75) is 58.5 Å². The van der Waals surface area contributed by atoms with Gasteiger partial charge in [0.1, 0.15) is 5.83 Å². The summed E-state index contributed by atoms with van der Waals surface area (Å²) in [5, 5.41) is 0. The van der Waals surface area contributed by atoms with Crippen molar-refractivity contribution in [2.24, 2.45) is 5.92 Å². The lowest BCUT2D eigenvalue weighted by Gasteiger charge is -2.28. The second-order valence-corrected chi connectivity index (χ2v) is 8.20. The predicted molar refractivity (Wildman–Crippen MR) is 114 cm³/mol. The van der Waals surface area contributed by atoms with Gasteiger partial charge in [-0.05, 0) is 42.9 Å². The first-order valence-electron chi connectivity index (χ1n) is 10.8. The molecule has 32 heavy (non-hydrogen) atoms. The van der Waals surface area contributed by atoms with E-state index in [4.69, 9.17) is 9.47 Å². The van der Waals surface area contributed by atoms with Gasteiger partial charge in [-0.3, -0.25) is 0 Å². The number of fused-ring (bicyclic) bond motifs is 1. The molecule has 2 nitrogen and oxygen atoms in total. The Morgan fingerprint density at radius 2 is 1.84 bits per heavy atom. The number of hydrogen-bond acceptors (Lipinski definition) is 2. The van der Waals surface area contributed by atoms with Gasteiger partial charge in [0.25, 0.3) is 0 Å². The van der Waals surface area contributed by atoms with Gasteiger partial charge in [-0.15, -0.1) is 0 Å². The molecule has 174 valence electrons. The molecule has 2 heterocycles. The van der Waals surface area contributed by atoms with Gasteiger partial charge in [0.05, 0.1) is 18.3 Å². The second-order valence-electron chi connectivity index (χ2n) is 8.20. The summed E-state index contributed by atoms with van der Waals surface area (Å²) in [5.41, 5.74) is -0.506. The van der Waals surface area contributed by atoms with Crippen LogP contribution < -0.4 is 4.74 Å². The van der Waals surface area contributed by atoms with E-state index in [2.05, 4.69) is 13.2 Å². The fraction of sp³-hybridized carbons (Fsp3) is 0.440. The van der Waals surface area contributed by atoms with Crippen molar-refractivity contribution in [3.05, 3.63) is 70.5 Å². The Morgan fingerprint density at radius 1 is 1.12 bits per heavy atom. The molecule has 0 aromatic heterocycles. The SMILES string of the molecule is C=C(CC)/C(F)=C1/Oc2c(cc(/C(F)=C(\F)C3CCC(CCC)OC3)c(F)c2F)CC1=C. The van der Waals surface area contributed by atoms with Crippen LogP contribution in [0.5, 0.6) is 5.75 Å². The highest BCUT2D eigenvalue weighted by molar-refractivity contribution is 5.66. The lowest BCUT2D eigenvalue weighted by molar-refractivity contribution is -0.0156. The molecule has 0 spiro atoms. The number of benzene rings is 1. The lowest BCUT2D eigenvalue weighted by atomic mass is 9.92. The van der Waals surface area contributed by atoms with Gasteiger partial charge in [-0.25, -0.2) is 17.6 Å². The van der Waals surface area contributed by atoms with Crippen molar-refractivity contribution in [3.63, 3.8) is 0 Å². The molecule has 0 amide bonds. The van der Waals surface area contributed by atoms with Gasteiger partial charge in [-0.2, -0.15) is 4.39 Å². The first kappa shape index (κ1) is 24.2. The summed E-state index contributed by atoms with van der Waals surface area (Å²) >= 11 is 0. The fourth-order valence-electron chi connectivity index (χ4n) is 3.93. The van der Waals surface area contributed by atoms with Gasteiger partial charge in [-0.1, -0.05) is 33.4 Å². The van der Waals surface area contributed by atoms with E-state index in [1.165, 1.54) is 0 Å². The van der Waals surface area contributed by atoms with E-state index in [-0.39, 0.29) is 48.0 Å². The zero-order valence-electron chi connectivity index (χ0n) is 18.3. The maximum Gasteiger partial charge on any atom is 0.202 e. The molecule has 3 rings (SSSR count). The van der Waals surface area contributed by atoms with Crippen molar-refractivity contribution < 1.29 is 31.4 Å². The van der Waals surface area contributed by atoms with Crippen LogP contribution in [0, 0.1) is 17.6 Å². The summed E-state index contributed by atoms with van der Waals surface area (Å²) in [4.78, 5) is 0. The summed E-state index contributed by atoms with van der Waals surface area (Å²) in [6.45, 7) is 10.9. The summed E-state index contributed by atoms with van der Waals surface area (Å²) < 4.78 is 84.5. The van der Waals surface area contributed by atoms with Crippen LogP contribution in [0.2, 0.25) is 0 Å². The van der Waals surface area contributed by atoms with Crippen LogP contribution in [-0.2, 0) is 11.2 Å². The standard InChI is InChI=1S/C25H27F5O2/c1-5-7-17-9-8-15(12-31-17)20(27)21(28)18-11-16-10-14(4)24(19(26)13(3)6-2)32-25(16)23(30)22(18)29/h11,15,17H,3-10,12H2,1-2H3/b21-20+,24-19-. The molecule has 0 aliphatic carbocycles. The molecule has 0 saturated carbocycles. The Bertz CT molecular complexity index is 985. The van der Waals surface area contributed by atoms with E-state index >= 15 is 0 Å². The van der Waals surface area contributed by atoms with Crippen LogP contribution in [0.25, 0.3) is 5.83 Å². The first-order valence-corrected chi connectivity index (χ1v) is 10.8. The normalized spacial score (nSPS) is 23.3. The largest absolute Gasteiger partial charge is 0.450 e. The van der Waals surface area contributed by atoms with Crippen molar-refractivity contribution in [1.29, 1.82) is 0 Å². The average molecular weight is 454 g/mol. The molecule has 0 N–H and O–H groups in total. The van der Waals surface area contributed by atoms with Crippen molar-refractivity contribution in [1.82, 2.24) is 0 Å². The Morgan fingerprint density at radius 3 is 2.44 bits per heavy atom. The van der Waals surface area contributed by atoms with Crippen LogP contribution >= 0.6 is 0 Å². The second kappa shape index (κ2) is 10.0. The van der Waals surface area contributed by atoms with E-state index in [9.17, 15) is 22.0 Å². The third-order valence-corrected chi connectivity index (χ3v) is 5.89. The molecular weight excluding hydrogens is 427 g/mol. The minimum absolute atomic E-state index is 0.000339.